The highest BCUT2D eigenvalue weighted by atomic mass is 16.2. The molecule has 4 aliphatic rings. The van der Waals surface area contributed by atoms with Crippen molar-refractivity contribution >= 4 is 35.3 Å². The van der Waals surface area contributed by atoms with Gasteiger partial charge in [-0.2, -0.15) is 0 Å². The van der Waals surface area contributed by atoms with Crippen LogP contribution in [0.5, 0.6) is 0 Å². The van der Waals surface area contributed by atoms with Crippen molar-refractivity contribution in [2.45, 2.75) is 129 Å². The third kappa shape index (κ3) is 8.72. The van der Waals surface area contributed by atoms with E-state index in [1.54, 1.807) is 4.90 Å². The fraction of sp³-hybridized carbons (Fsp3) is 0.667. The molecule has 1 aliphatic heterocycles. The highest BCUT2D eigenvalue weighted by Crippen LogP contribution is 2.43. The summed E-state index contributed by atoms with van der Waals surface area (Å²) >= 11 is 0. The summed E-state index contributed by atoms with van der Waals surface area (Å²) in [5.74, 6) is -3.33. The van der Waals surface area contributed by atoms with Crippen molar-refractivity contribution in [3.05, 3.63) is 35.6 Å². The number of carbonyl (C=O) groups is 6. The molecule has 2 heterocycles. The minimum Gasteiger partial charge on any atom is -0.347 e. The first-order chi connectivity index (χ1) is 23.4. The number of carbonyl (C=O) groups excluding carboxylic acids is 6. The molecule has 1 aromatic heterocycles. The maximum Gasteiger partial charge on any atom is 0.289 e. The summed E-state index contributed by atoms with van der Waals surface area (Å²) in [4.78, 5) is 91.2. The molecule has 3 aliphatic carbocycles. The number of amides is 5. The second-order valence-corrected chi connectivity index (χ2v) is 15.1. The van der Waals surface area contributed by atoms with E-state index in [1.165, 1.54) is 18.6 Å². The van der Waals surface area contributed by atoms with E-state index >= 15 is 0 Å². The van der Waals surface area contributed by atoms with Crippen molar-refractivity contribution < 1.29 is 28.8 Å². The van der Waals surface area contributed by atoms with E-state index in [4.69, 9.17) is 0 Å². The summed E-state index contributed by atoms with van der Waals surface area (Å²) < 4.78 is 0. The minimum absolute atomic E-state index is 0.00997. The molecule has 0 aromatic carbocycles. The monoisotopic (exact) mass is 677 g/mol. The van der Waals surface area contributed by atoms with Crippen molar-refractivity contribution in [1.82, 2.24) is 36.1 Å². The molecule has 0 radical (unpaired) electrons. The molecule has 5 amide bonds. The normalized spacial score (nSPS) is 23.1. The predicted octanol–water partition coefficient (Wildman–Crippen LogP) is 2.72. The zero-order valence-corrected chi connectivity index (χ0v) is 29.2. The Hall–Kier alpha value is -4.16. The summed E-state index contributed by atoms with van der Waals surface area (Å²) in [6.45, 7) is 7.79. The third-order valence-electron chi connectivity index (χ3n) is 10.2. The van der Waals surface area contributed by atoms with E-state index in [1.807, 2.05) is 27.7 Å². The molecule has 4 N–H and O–H groups in total. The average molecular weight is 678 g/mol. The quantitative estimate of drug-likeness (QED) is 0.193. The molecule has 0 unspecified atom stereocenters. The third-order valence-corrected chi connectivity index (χ3v) is 10.2. The van der Waals surface area contributed by atoms with Crippen molar-refractivity contribution in [1.29, 1.82) is 0 Å². The van der Waals surface area contributed by atoms with E-state index in [9.17, 15) is 28.8 Å². The average Bonchev–Trinajstić information content (AvgIpc) is 3.65. The first kappa shape index (κ1) is 36.1. The number of likely N-dealkylation sites (tertiary alicyclic amines) is 1. The van der Waals surface area contributed by atoms with Crippen LogP contribution in [-0.4, -0.2) is 80.9 Å². The second-order valence-electron chi connectivity index (χ2n) is 15.1. The number of allylic oxidation sites excluding steroid dienone is 1. The molecule has 3 saturated carbocycles. The lowest BCUT2D eigenvalue weighted by molar-refractivity contribution is -0.145. The van der Waals surface area contributed by atoms with Crippen LogP contribution in [0.1, 0.15) is 115 Å². The smallest absolute Gasteiger partial charge is 0.289 e. The Morgan fingerprint density at radius 2 is 1.65 bits per heavy atom. The Kier molecular flexibility index (Phi) is 11.5. The Bertz CT molecular complexity index is 1460. The molecule has 0 bridgehead atoms. The van der Waals surface area contributed by atoms with Crippen LogP contribution in [0.15, 0.2) is 29.9 Å². The molecule has 1 saturated heterocycles. The van der Waals surface area contributed by atoms with Gasteiger partial charge < -0.3 is 26.2 Å². The number of nitrogens with zero attached hydrogens (tertiary/aromatic N) is 3. The highest BCUT2D eigenvalue weighted by Gasteiger charge is 2.52. The standard InChI is InChI=1S/C36H51N7O6/c1-5-10-25(29(44)34(48)39-23-15-16-23)40-33(47)28-24-14-9-13-22(24)20-43(28)35(49)30(36(2,3)4)42-32(46)27(21-11-7-6-8-12-21)41-31(45)26-19-37-17-18-38-26/h17-19,22-25,28,30H,5-16,20H2,1-4H3,(H,39,48)(H,40,47)(H,41,45)(H,42,46)/t22-,24-,25-,28-,30+/m0/s1. The Labute approximate surface area is 288 Å². The van der Waals surface area contributed by atoms with Gasteiger partial charge in [-0.25, -0.2) is 4.98 Å². The summed E-state index contributed by atoms with van der Waals surface area (Å²) in [5.41, 5.74) is 0.237. The van der Waals surface area contributed by atoms with Crippen molar-refractivity contribution in [3.8, 4) is 0 Å². The largest absolute Gasteiger partial charge is 0.347 e. The zero-order chi connectivity index (χ0) is 35.3. The number of rotatable bonds is 12. The maximum atomic E-state index is 14.6. The van der Waals surface area contributed by atoms with E-state index in [0.717, 1.165) is 56.9 Å². The number of hydrogen-bond acceptors (Lipinski definition) is 8. The fourth-order valence-electron chi connectivity index (χ4n) is 7.47. The van der Waals surface area contributed by atoms with Gasteiger partial charge in [-0.1, -0.05) is 47.0 Å². The fourth-order valence-corrected chi connectivity index (χ4v) is 7.47. The number of aromatic nitrogens is 2. The number of nitrogens with one attached hydrogen (secondary N) is 4. The van der Waals surface area contributed by atoms with Gasteiger partial charge in [-0.05, 0) is 80.6 Å². The van der Waals surface area contributed by atoms with Gasteiger partial charge in [0.2, 0.25) is 17.6 Å². The van der Waals surface area contributed by atoms with Gasteiger partial charge in [0.05, 0.1) is 12.2 Å². The van der Waals surface area contributed by atoms with Crippen LogP contribution in [0.25, 0.3) is 0 Å². The van der Waals surface area contributed by atoms with Crippen LogP contribution in [0.3, 0.4) is 0 Å². The number of Topliss-reactive ketones (excluding diaryl/α,β-unsaturated/α-hetero) is 1. The molecular weight excluding hydrogens is 626 g/mol. The molecule has 13 heteroatoms. The van der Waals surface area contributed by atoms with Crippen molar-refractivity contribution in [3.63, 3.8) is 0 Å². The van der Waals surface area contributed by atoms with Gasteiger partial charge >= 0.3 is 0 Å². The van der Waals surface area contributed by atoms with E-state index in [-0.39, 0.29) is 29.3 Å². The maximum absolute atomic E-state index is 14.6. The van der Waals surface area contributed by atoms with E-state index in [0.29, 0.717) is 32.2 Å². The lowest BCUT2D eigenvalue weighted by Crippen LogP contribution is -2.60. The molecule has 1 aromatic rings. The van der Waals surface area contributed by atoms with Crippen LogP contribution in [0, 0.1) is 17.3 Å². The summed E-state index contributed by atoms with van der Waals surface area (Å²) in [5, 5.41) is 11.3. The van der Waals surface area contributed by atoms with Crippen molar-refractivity contribution in [2.24, 2.45) is 17.3 Å². The van der Waals surface area contributed by atoms with Crippen LogP contribution in [0.4, 0.5) is 0 Å². The number of hydrogen-bond donors (Lipinski definition) is 4. The van der Waals surface area contributed by atoms with E-state index < -0.39 is 58.9 Å². The Balaban J connectivity index is 1.38. The van der Waals surface area contributed by atoms with Crippen LogP contribution < -0.4 is 21.3 Å². The number of fused-ring (bicyclic) bond motifs is 1. The van der Waals surface area contributed by atoms with Gasteiger partial charge in [-0.15, -0.1) is 0 Å². The molecule has 4 fully saturated rings. The molecular formula is C36H51N7O6. The topological polar surface area (TPSA) is 180 Å². The summed E-state index contributed by atoms with van der Waals surface area (Å²) in [6, 6.07) is -2.85. The SMILES string of the molecule is CCC[C@H](NC(=O)[C@@H]1[C@H]2CCC[C@H]2CN1C(=O)[C@@H](NC(=O)C(NC(=O)c1cnccn1)=C1CCCCC1)C(C)(C)C)C(=O)C(=O)NC1CC1. The lowest BCUT2D eigenvalue weighted by atomic mass is 9.85. The predicted molar refractivity (Wildman–Crippen MR) is 180 cm³/mol. The lowest BCUT2D eigenvalue weighted by Gasteiger charge is -2.37. The zero-order valence-electron chi connectivity index (χ0n) is 29.2. The first-order valence-corrected chi connectivity index (χ1v) is 17.9. The molecule has 0 spiro atoms. The van der Waals surface area contributed by atoms with Gasteiger partial charge in [-0.3, -0.25) is 33.8 Å². The minimum atomic E-state index is -1.03. The highest BCUT2D eigenvalue weighted by molar-refractivity contribution is 6.38. The van der Waals surface area contributed by atoms with Crippen molar-refractivity contribution in [2.75, 3.05) is 6.54 Å². The van der Waals surface area contributed by atoms with Gasteiger partial charge in [0.15, 0.2) is 0 Å². The molecule has 13 nitrogen and oxygen atoms in total. The second kappa shape index (κ2) is 15.6. The van der Waals surface area contributed by atoms with Crippen LogP contribution in [0.2, 0.25) is 0 Å². The Morgan fingerprint density at radius 3 is 2.29 bits per heavy atom. The van der Waals surface area contributed by atoms with Crippen LogP contribution in [-0.2, 0) is 24.0 Å². The molecule has 49 heavy (non-hydrogen) atoms. The summed E-state index contributed by atoms with van der Waals surface area (Å²) in [6.07, 6.45) is 13.4. The van der Waals surface area contributed by atoms with Crippen LogP contribution >= 0.6 is 0 Å². The molecule has 5 rings (SSSR count). The molecule has 266 valence electrons. The number of ketones is 1. The summed E-state index contributed by atoms with van der Waals surface area (Å²) in [7, 11) is 0. The molecule has 5 atom stereocenters. The first-order valence-electron chi connectivity index (χ1n) is 17.9. The van der Waals surface area contributed by atoms with Gasteiger partial charge in [0.1, 0.15) is 23.5 Å². The Morgan fingerprint density at radius 1 is 0.918 bits per heavy atom. The van der Waals surface area contributed by atoms with Gasteiger partial charge in [0.25, 0.3) is 17.7 Å². The van der Waals surface area contributed by atoms with E-state index in [2.05, 4.69) is 31.2 Å². The van der Waals surface area contributed by atoms with Gasteiger partial charge in [0, 0.05) is 25.0 Å².